The Morgan fingerprint density at radius 3 is 2.90 bits per heavy atom. The summed E-state index contributed by atoms with van der Waals surface area (Å²) in [5, 5.41) is 3.83. The second-order valence-corrected chi connectivity index (χ2v) is 7.14. The first-order valence-electron chi connectivity index (χ1n) is 9.77. The van der Waals surface area contributed by atoms with Crippen molar-refractivity contribution >= 4 is 5.91 Å². The van der Waals surface area contributed by atoms with E-state index in [1.54, 1.807) is 12.0 Å². The molecule has 2 heterocycles. The van der Waals surface area contributed by atoms with Gasteiger partial charge in [0.05, 0.1) is 12.7 Å². The van der Waals surface area contributed by atoms with Crippen molar-refractivity contribution < 1.29 is 22.8 Å². The maximum Gasteiger partial charge on any atom is 0.249 e. The van der Waals surface area contributed by atoms with Crippen LogP contribution in [0.3, 0.4) is 0 Å². The van der Waals surface area contributed by atoms with Crippen LogP contribution in [-0.2, 0) is 11.2 Å². The number of hydrogen-bond donors (Lipinski definition) is 0. The van der Waals surface area contributed by atoms with Crippen LogP contribution in [0.25, 0.3) is 11.4 Å². The fourth-order valence-corrected chi connectivity index (χ4v) is 3.77. The molecular weight excluding hydrogens is 392 g/mol. The van der Waals surface area contributed by atoms with Gasteiger partial charge in [-0.1, -0.05) is 23.4 Å². The third-order valence-corrected chi connectivity index (χ3v) is 5.27. The Hall–Kier alpha value is -3.29. The number of aryl methyl sites for hydroxylation is 1. The van der Waals surface area contributed by atoms with Crippen molar-refractivity contribution in [3.63, 3.8) is 0 Å². The molecule has 0 bridgehead atoms. The molecule has 30 heavy (non-hydrogen) atoms. The summed E-state index contributed by atoms with van der Waals surface area (Å²) in [5.41, 5.74) is 1.02. The van der Waals surface area contributed by atoms with Gasteiger partial charge in [0.2, 0.25) is 17.6 Å². The number of methoxy groups -OCH3 is 1. The molecule has 0 N–H and O–H groups in total. The minimum absolute atomic E-state index is 0.0175. The highest BCUT2D eigenvalue weighted by Gasteiger charge is 2.34. The van der Waals surface area contributed by atoms with Crippen LogP contribution in [0.5, 0.6) is 5.75 Å². The zero-order valence-corrected chi connectivity index (χ0v) is 16.5. The topological polar surface area (TPSA) is 68.5 Å². The number of ether oxygens (including phenoxy) is 1. The van der Waals surface area contributed by atoms with Crippen LogP contribution in [0.15, 0.2) is 47.0 Å². The van der Waals surface area contributed by atoms with Gasteiger partial charge < -0.3 is 14.2 Å². The van der Waals surface area contributed by atoms with Gasteiger partial charge in [0.15, 0.2) is 0 Å². The summed E-state index contributed by atoms with van der Waals surface area (Å²) in [6.07, 6.45) is 2.38. The average molecular weight is 413 g/mol. The minimum Gasteiger partial charge on any atom is -0.496 e. The van der Waals surface area contributed by atoms with E-state index in [0.29, 0.717) is 25.8 Å². The first kappa shape index (κ1) is 20.0. The molecule has 0 radical (unpaired) electrons. The van der Waals surface area contributed by atoms with E-state index in [1.807, 2.05) is 24.3 Å². The summed E-state index contributed by atoms with van der Waals surface area (Å²) in [7, 11) is 1.61. The lowest BCUT2D eigenvalue weighted by molar-refractivity contribution is -0.132. The number of carbonyl (C=O) groups is 1. The van der Waals surface area contributed by atoms with Crippen LogP contribution in [0.4, 0.5) is 8.78 Å². The molecule has 1 aromatic heterocycles. The lowest BCUT2D eigenvalue weighted by Crippen LogP contribution is -2.30. The lowest BCUT2D eigenvalue weighted by atomic mass is 10.1. The summed E-state index contributed by atoms with van der Waals surface area (Å²) in [6.45, 7) is 0.595. The summed E-state index contributed by atoms with van der Waals surface area (Å²) in [4.78, 5) is 18.9. The standard InChI is InChI=1S/C22H21F2N3O3/c1-29-19-7-3-2-5-14(19)8-11-20(28)27-12-4-6-18(27)22-25-21(26-30-22)16-10-9-15(23)13-17(16)24/h2-3,5,7,9-10,13,18H,4,6,8,11-12H2,1H3/t18-/m1/s1. The highest BCUT2D eigenvalue weighted by Crippen LogP contribution is 2.33. The van der Waals surface area contributed by atoms with E-state index < -0.39 is 11.6 Å². The molecule has 4 rings (SSSR count). The molecule has 1 amide bonds. The van der Waals surface area contributed by atoms with Crippen molar-refractivity contribution in [2.45, 2.75) is 31.7 Å². The average Bonchev–Trinajstić information content (AvgIpc) is 3.41. The van der Waals surface area contributed by atoms with Crippen molar-refractivity contribution in [2.24, 2.45) is 0 Å². The van der Waals surface area contributed by atoms with Crippen LogP contribution < -0.4 is 4.74 Å². The van der Waals surface area contributed by atoms with E-state index >= 15 is 0 Å². The minimum atomic E-state index is -0.765. The van der Waals surface area contributed by atoms with E-state index in [2.05, 4.69) is 10.1 Å². The van der Waals surface area contributed by atoms with Crippen molar-refractivity contribution in [2.75, 3.05) is 13.7 Å². The van der Waals surface area contributed by atoms with Gasteiger partial charge >= 0.3 is 0 Å². The van der Waals surface area contributed by atoms with Crippen molar-refractivity contribution in [3.05, 3.63) is 65.6 Å². The number of para-hydroxylation sites is 1. The number of benzene rings is 2. The smallest absolute Gasteiger partial charge is 0.249 e. The Bertz CT molecular complexity index is 1050. The van der Waals surface area contributed by atoms with Crippen molar-refractivity contribution in [3.8, 4) is 17.1 Å². The van der Waals surface area contributed by atoms with E-state index in [-0.39, 0.29) is 29.2 Å². The second-order valence-electron chi connectivity index (χ2n) is 7.14. The number of hydrogen-bond acceptors (Lipinski definition) is 5. The molecule has 1 atom stereocenters. The summed E-state index contributed by atoms with van der Waals surface area (Å²) in [5.74, 6) is -0.406. The lowest BCUT2D eigenvalue weighted by Gasteiger charge is -2.22. The van der Waals surface area contributed by atoms with E-state index in [1.165, 1.54) is 6.07 Å². The fraction of sp³-hybridized carbons (Fsp3) is 0.318. The molecule has 1 saturated heterocycles. The highest BCUT2D eigenvalue weighted by atomic mass is 19.1. The van der Waals surface area contributed by atoms with E-state index in [4.69, 9.17) is 9.26 Å². The Balaban J connectivity index is 1.47. The highest BCUT2D eigenvalue weighted by molar-refractivity contribution is 5.77. The molecule has 3 aromatic rings. The van der Waals surface area contributed by atoms with Crippen LogP contribution in [-0.4, -0.2) is 34.6 Å². The molecule has 0 aliphatic carbocycles. The molecule has 1 fully saturated rings. The van der Waals surface area contributed by atoms with Gasteiger partial charge in [0.25, 0.3) is 0 Å². The molecule has 0 saturated carbocycles. The zero-order chi connectivity index (χ0) is 21.1. The maximum atomic E-state index is 14.0. The maximum absolute atomic E-state index is 14.0. The van der Waals surface area contributed by atoms with Gasteiger partial charge in [0, 0.05) is 19.0 Å². The fourth-order valence-electron chi connectivity index (χ4n) is 3.77. The number of amides is 1. The largest absolute Gasteiger partial charge is 0.496 e. The van der Waals surface area contributed by atoms with Crippen molar-refractivity contribution in [1.29, 1.82) is 0 Å². The molecule has 1 aliphatic rings. The van der Waals surface area contributed by atoms with E-state index in [0.717, 1.165) is 29.9 Å². The Morgan fingerprint density at radius 1 is 1.27 bits per heavy atom. The van der Waals surface area contributed by atoms with Crippen LogP contribution in [0.2, 0.25) is 0 Å². The van der Waals surface area contributed by atoms with Gasteiger partial charge in [-0.2, -0.15) is 4.98 Å². The molecule has 8 heteroatoms. The van der Waals surface area contributed by atoms with Gasteiger partial charge in [-0.15, -0.1) is 0 Å². The zero-order valence-electron chi connectivity index (χ0n) is 16.5. The summed E-state index contributed by atoms with van der Waals surface area (Å²) < 4.78 is 37.8. The van der Waals surface area contributed by atoms with Gasteiger partial charge in [-0.3, -0.25) is 4.79 Å². The molecule has 0 unspecified atom stereocenters. The van der Waals surface area contributed by atoms with Gasteiger partial charge in [-0.05, 0) is 43.0 Å². The molecular formula is C22H21F2N3O3. The van der Waals surface area contributed by atoms with Crippen molar-refractivity contribution in [1.82, 2.24) is 15.0 Å². The van der Waals surface area contributed by atoms with Gasteiger partial charge in [-0.25, -0.2) is 8.78 Å². The molecule has 0 spiro atoms. The quantitative estimate of drug-likeness (QED) is 0.602. The molecule has 1 aliphatic heterocycles. The first-order chi connectivity index (χ1) is 14.6. The van der Waals surface area contributed by atoms with Crippen LogP contribution in [0.1, 0.15) is 36.8 Å². The van der Waals surface area contributed by atoms with Crippen LogP contribution in [0, 0.1) is 11.6 Å². The SMILES string of the molecule is COc1ccccc1CCC(=O)N1CCC[C@@H]1c1nc(-c2ccc(F)cc2F)no1. The van der Waals surface area contributed by atoms with E-state index in [9.17, 15) is 13.6 Å². The third-order valence-electron chi connectivity index (χ3n) is 5.27. The molecule has 2 aromatic carbocycles. The predicted molar refractivity (Wildman–Crippen MR) is 105 cm³/mol. The molecule has 156 valence electrons. The third kappa shape index (κ3) is 4.03. The number of nitrogens with zero attached hydrogens (tertiary/aromatic N) is 3. The normalized spacial score (nSPS) is 16.1. The Morgan fingerprint density at radius 2 is 2.10 bits per heavy atom. The monoisotopic (exact) mass is 413 g/mol. The predicted octanol–water partition coefficient (Wildman–Crippen LogP) is 4.32. The number of rotatable bonds is 6. The molecule has 6 nitrogen and oxygen atoms in total. The number of halogens is 2. The number of aromatic nitrogens is 2. The Kier molecular flexibility index (Phi) is 5.74. The number of carbonyl (C=O) groups excluding carboxylic acids is 1. The summed E-state index contributed by atoms with van der Waals surface area (Å²) >= 11 is 0. The second kappa shape index (κ2) is 8.61. The van der Waals surface area contributed by atoms with Crippen LogP contribution >= 0.6 is 0 Å². The Labute approximate surface area is 172 Å². The number of likely N-dealkylation sites (tertiary alicyclic amines) is 1. The first-order valence-corrected chi connectivity index (χ1v) is 9.77. The summed E-state index contributed by atoms with van der Waals surface area (Å²) in [6, 6.07) is 10.4. The van der Waals surface area contributed by atoms with Gasteiger partial charge in [0.1, 0.15) is 23.4 Å².